The van der Waals surface area contributed by atoms with E-state index in [1.807, 2.05) is 13.8 Å². The average Bonchev–Trinajstić information content (AvgIpc) is 2.14. The third-order valence-corrected chi connectivity index (χ3v) is 3.59. The van der Waals surface area contributed by atoms with Crippen LogP contribution in [0.5, 0.6) is 0 Å². The molecule has 2 atom stereocenters. The molecule has 6 heteroatoms. The van der Waals surface area contributed by atoms with Crippen molar-refractivity contribution < 1.29 is 9.72 Å². The van der Waals surface area contributed by atoms with Gasteiger partial charge in [-0.05, 0) is 27.7 Å². The van der Waals surface area contributed by atoms with E-state index in [0.717, 1.165) is 0 Å². The molecule has 0 spiro atoms. The maximum absolute atomic E-state index is 12.2. The van der Waals surface area contributed by atoms with Crippen LogP contribution < -0.4 is 0 Å². The predicted molar refractivity (Wildman–Crippen MR) is 75.3 cm³/mol. The highest BCUT2D eigenvalue weighted by atomic mass is 35.5. The molecule has 0 rings (SSSR count). The molecule has 0 radical (unpaired) electrons. The Morgan fingerprint density at radius 3 is 1.17 bits per heavy atom. The zero-order chi connectivity index (χ0) is 14.7. The van der Waals surface area contributed by atoms with Gasteiger partial charge in [-0.15, -0.1) is 23.2 Å². The Bertz CT molecular complexity index is 276. The second kappa shape index (κ2) is 6.29. The summed E-state index contributed by atoms with van der Waals surface area (Å²) in [6, 6.07) is -1.16. The zero-order valence-electron chi connectivity index (χ0n) is 12.0. The number of hydroxylamine groups is 2. The lowest BCUT2D eigenvalue weighted by Crippen LogP contribution is -2.47. The molecule has 0 aromatic heterocycles. The van der Waals surface area contributed by atoms with Crippen LogP contribution in [0.15, 0.2) is 0 Å². The molecule has 0 bridgehead atoms. The average molecular weight is 299 g/mol. The van der Waals surface area contributed by atoms with Crippen molar-refractivity contribution in [2.45, 2.75) is 76.2 Å². The summed E-state index contributed by atoms with van der Waals surface area (Å²) >= 11 is 12.3. The van der Waals surface area contributed by atoms with Gasteiger partial charge in [-0.3, -0.25) is 0 Å². The van der Waals surface area contributed by atoms with E-state index in [0.29, 0.717) is 22.6 Å². The molecule has 0 aliphatic rings. The highest BCUT2D eigenvalue weighted by Crippen LogP contribution is 2.27. The van der Waals surface area contributed by atoms with E-state index in [1.54, 1.807) is 27.7 Å². The smallest absolute Gasteiger partial charge is 0.247 e. The van der Waals surface area contributed by atoms with Gasteiger partial charge >= 0.3 is 0 Å². The summed E-state index contributed by atoms with van der Waals surface area (Å²) in [5.74, 6) is 0. The standard InChI is InChI=1S/C12H24Cl2N2O2/c1-7-9(11(3,4)13)15(17)16(18)10(8-2)12(5,6)14/h9-10H,7-8H2,1-6H3/b16-15+. The minimum Gasteiger partial charge on any atom is -0.567 e. The van der Waals surface area contributed by atoms with Crippen molar-refractivity contribution in [3.63, 3.8) is 0 Å². The van der Waals surface area contributed by atoms with Gasteiger partial charge in [-0.2, -0.15) is 0 Å². The summed E-state index contributed by atoms with van der Waals surface area (Å²) in [6.07, 6.45) is 0.996. The van der Waals surface area contributed by atoms with E-state index < -0.39 is 21.8 Å². The van der Waals surface area contributed by atoms with Crippen LogP contribution in [0.25, 0.3) is 0 Å². The molecule has 0 fully saturated rings. The van der Waals surface area contributed by atoms with Gasteiger partial charge in [-0.1, -0.05) is 13.8 Å². The van der Waals surface area contributed by atoms with Gasteiger partial charge in [0.2, 0.25) is 12.1 Å². The Hall–Kier alpha value is -0.220. The monoisotopic (exact) mass is 298 g/mol. The molecule has 0 aliphatic heterocycles. The molecule has 0 saturated carbocycles. The van der Waals surface area contributed by atoms with Crippen LogP contribution >= 0.6 is 23.2 Å². The summed E-state index contributed by atoms with van der Waals surface area (Å²) in [6.45, 7) is 10.6. The zero-order valence-corrected chi connectivity index (χ0v) is 13.5. The lowest BCUT2D eigenvalue weighted by atomic mass is 10.0. The molecule has 0 aromatic carbocycles. The quantitative estimate of drug-likeness (QED) is 0.321. The highest BCUT2D eigenvalue weighted by molar-refractivity contribution is 6.24. The topological polar surface area (TPSA) is 52.1 Å². The largest absolute Gasteiger partial charge is 0.567 e. The van der Waals surface area contributed by atoms with Crippen molar-refractivity contribution in [2.75, 3.05) is 0 Å². The number of azo groups is 1. The summed E-state index contributed by atoms with van der Waals surface area (Å²) in [7, 11) is 0. The van der Waals surface area contributed by atoms with Crippen LogP contribution in [0, 0.1) is 10.4 Å². The molecular weight excluding hydrogens is 275 g/mol. The fourth-order valence-electron chi connectivity index (χ4n) is 2.08. The van der Waals surface area contributed by atoms with Gasteiger partial charge in [0.25, 0.3) is 0 Å². The third-order valence-electron chi connectivity index (χ3n) is 3.09. The van der Waals surface area contributed by atoms with Crippen LogP contribution in [0.3, 0.4) is 0 Å². The van der Waals surface area contributed by atoms with Crippen molar-refractivity contribution >= 4 is 23.2 Å². The first-order valence-electron chi connectivity index (χ1n) is 6.27. The van der Waals surface area contributed by atoms with Crippen molar-refractivity contribution in [3.05, 3.63) is 10.4 Å². The first kappa shape index (κ1) is 17.8. The molecule has 0 saturated heterocycles. The van der Waals surface area contributed by atoms with Crippen molar-refractivity contribution in [1.29, 1.82) is 0 Å². The first-order valence-corrected chi connectivity index (χ1v) is 7.02. The second-order valence-electron chi connectivity index (χ2n) is 5.58. The van der Waals surface area contributed by atoms with E-state index in [4.69, 9.17) is 23.2 Å². The van der Waals surface area contributed by atoms with Crippen LogP contribution in [0.1, 0.15) is 54.4 Å². The number of nitrogens with zero attached hydrogens (tertiary/aromatic N) is 2. The Morgan fingerprint density at radius 1 is 0.833 bits per heavy atom. The van der Waals surface area contributed by atoms with Gasteiger partial charge in [0.15, 0.2) is 0 Å². The van der Waals surface area contributed by atoms with Crippen LogP contribution in [0.2, 0.25) is 0 Å². The van der Waals surface area contributed by atoms with Crippen molar-refractivity contribution in [2.24, 2.45) is 0 Å². The van der Waals surface area contributed by atoms with E-state index in [-0.39, 0.29) is 0 Å². The van der Waals surface area contributed by atoms with Gasteiger partial charge in [0.05, 0.1) is 0 Å². The summed E-state index contributed by atoms with van der Waals surface area (Å²) in [4.78, 5) is -0.668. The lowest BCUT2D eigenvalue weighted by Gasteiger charge is -2.27. The maximum atomic E-state index is 12.2. The number of hydrogen-bond donors (Lipinski definition) is 0. The summed E-state index contributed by atoms with van der Waals surface area (Å²) < 4.78 is 0. The van der Waals surface area contributed by atoms with E-state index >= 15 is 0 Å². The third kappa shape index (κ3) is 4.47. The van der Waals surface area contributed by atoms with E-state index in [9.17, 15) is 10.4 Å². The Morgan fingerprint density at radius 2 is 1.06 bits per heavy atom. The molecular formula is C12H24Cl2N2O2. The number of hydrogen-bond acceptors (Lipinski definition) is 2. The van der Waals surface area contributed by atoms with Crippen molar-refractivity contribution in [1.82, 2.24) is 0 Å². The summed E-state index contributed by atoms with van der Waals surface area (Å²) in [5.41, 5.74) is 0. The highest BCUT2D eigenvalue weighted by Gasteiger charge is 2.42. The SMILES string of the molecule is CCC(/[N+]([O-])=[N+](\[O-])C(CC)C(C)(C)Cl)C(C)(C)Cl. The van der Waals surface area contributed by atoms with Crippen LogP contribution in [-0.4, -0.2) is 31.6 Å². The molecule has 0 aromatic rings. The minimum absolute atomic E-state index is 0.436. The number of halogens is 2. The molecule has 18 heavy (non-hydrogen) atoms. The molecule has 0 amide bonds. The van der Waals surface area contributed by atoms with Crippen LogP contribution in [-0.2, 0) is 0 Å². The molecule has 0 aliphatic carbocycles. The summed E-state index contributed by atoms with van der Waals surface area (Å²) in [5, 5.41) is 24.3. The lowest BCUT2D eigenvalue weighted by molar-refractivity contribution is -0.999. The van der Waals surface area contributed by atoms with Gasteiger partial charge in [-0.25, -0.2) is 0 Å². The van der Waals surface area contributed by atoms with E-state index in [1.165, 1.54) is 0 Å². The molecule has 108 valence electrons. The Kier molecular flexibility index (Phi) is 6.21. The van der Waals surface area contributed by atoms with Gasteiger partial charge < -0.3 is 10.4 Å². The Balaban J connectivity index is 5.45. The molecule has 2 unspecified atom stereocenters. The fraction of sp³-hybridized carbons (Fsp3) is 1.00. The Labute approximate surface area is 120 Å². The fourth-order valence-corrected chi connectivity index (χ4v) is 2.56. The normalized spacial score (nSPS) is 18.2. The maximum Gasteiger partial charge on any atom is 0.247 e. The molecule has 4 nitrogen and oxygen atoms in total. The van der Waals surface area contributed by atoms with Gasteiger partial charge in [0.1, 0.15) is 9.75 Å². The number of rotatable bonds is 6. The molecule has 0 N–H and O–H groups in total. The van der Waals surface area contributed by atoms with Crippen LogP contribution in [0.4, 0.5) is 0 Å². The van der Waals surface area contributed by atoms with E-state index in [2.05, 4.69) is 0 Å². The second-order valence-corrected chi connectivity index (χ2v) is 7.53. The first-order chi connectivity index (χ1) is 7.96. The number of alkyl halides is 2. The predicted octanol–water partition coefficient (Wildman–Crippen LogP) is 4.05. The molecule has 0 heterocycles. The minimum atomic E-state index is -0.770. The van der Waals surface area contributed by atoms with Crippen molar-refractivity contribution in [3.8, 4) is 0 Å². The van der Waals surface area contributed by atoms with Gasteiger partial charge in [0, 0.05) is 22.6 Å².